The van der Waals surface area contributed by atoms with Gasteiger partial charge in [0.1, 0.15) is 16.6 Å². The topological polar surface area (TPSA) is 115 Å². The Labute approximate surface area is 163 Å². The van der Waals surface area contributed by atoms with Gasteiger partial charge in [-0.15, -0.1) is 0 Å². The minimum atomic E-state index is -0.596. The largest absolute Gasteiger partial charge is 0.444 e. The third kappa shape index (κ3) is 3.83. The highest BCUT2D eigenvalue weighted by Crippen LogP contribution is 2.28. The molecule has 0 aliphatic carbocycles. The number of fused-ring (bicyclic) bond motifs is 1. The van der Waals surface area contributed by atoms with E-state index in [1.165, 1.54) is 12.4 Å². The van der Waals surface area contributed by atoms with E-state index in [4.69, 9.17) is 10.5 Å². The second kappa shape index (κ2) is 7.21. The van der Waals surface area contributed by atoms with Crippen molar-refractivity contribution in [2.75, 3.05) is 18.0 Å². The van der Waals surface area contributed by atoms with E-state index in [0.717, 1.165) is 0 Å². The van der Waals surface area contributed by atoms with Crippen LogP contribution in [-0.2, 0) is 4.74 Å². The first-order chi connectivity index (χ1) is 13.1. The van der Waals surface area contributed by atoms with Gasteiger partial charge in [0.05, 0.1) is 17.6 Å². The molecular formula is C19H26N6O3. The van der Waals surface area contributed by atoms with Crippen LogP contribution < -0.4 is 10.6 Å². The Hall–Kier alpha value is -2.97. The monoisotopic (exact) mass is 386 g/mol. The van der Waals surface area contributed by atoms with Crippen LogP contribution in [0.15, 0.2) is 18.6 Å². The number of carbonyl (C=O) groups is 2. The Kier molecular flexibility index (Phi) is 5.10. The van der Waals surface area contributed by atoms with Crippen LogP contribution in [-0.4, -0.2) is 62.6 Å². The Morgan fingerprint density at radius 3 is 2.18 bits per heavy atom. The van der Waals surface area contributed by atoms with Crippen LogP contribution in [0, 0.1) is 0 Å². The van der Waals surface area contributed by atoms with Gasteiger partial charge in [-0.1, -0.05) is 0 Å². The van der Waals surface area contributed by atoms with Gasteiger partial charge in [-0.2, -0.15) is 0 Å². The molecule has 9 nitrogen and oxygen atoms in total. The molecule has 0 spiro atoms. The molecule has 28 heavy (non-hydrogen) atoms. The van der Waals surface area contributed by atoms with Gasteiger partial charge in [-0.25, -0.2) is 14.8 Å². The van der Waals surface area contributed by atoms with Crippen molar-refractivity contribution in [3.8, 4) is 0 Å². The first kappa shape index (κ1) is 19.8. The van der Waals surface area contributed by atoms with Crippen LogP contribution in [0.4, 0.5) is 10.6 Å². The van der Waals surface area contributed by atoms with Crippen LogP contribution in [0.25, 0.3) is 11.0 Å². The summed E-state index contributed by atoms with van der Waals surface area (Å²) >= 11 is 0. The Morgan fingerprint density at radius 2 is 1.64 bits per heavy atom. The van der Waals surface area contributed by atoms with Crippen LogP contribution in [0.1, 0.15) is 45.0 Å². The quantitative estimate of drug-likeness (QED) is 0.839. The highest BCUT2D eigenvalue weighted by atomic mass is 16.6. The molecule has 1 fully saturated rings. The number of pyridine rings is 1. The molecule has 0 unspecified atom stereocenters. The molecule has 2 amide bonds. The summed E-state index contributed by atoms with van der Waals surface area (Å²) in [5.41, 5.74) is 6.07. The van der Waals surface area contributed by atoms with Crippen molar-refractivity contribution < 1.29 is 14.3 Å². The van der Waals surface area contributed by atoms with E-state index >= 15 is 0 Å². The number of amides is 2. The maximum Gasteiger partial charge on any atom is 0.410 e. The first-order valence-corrected chi connectivity index (χ1v) is 9.24. The predicted molar refractivity (Wildman–Crippen MR) is 105 cm³/mol. The third-order valence-corrected chi connectivity index (χ3v) is 4.57. The molecule has 3 heterocycles. The third-order valence-electron chi connectivity index (χ3n) is 4.57. The molecule has 150 valence electrons. The van der Waals surface area contributed by atoms with Crippen LogP contribution in [0.3, 0.4) is 0 Å². The Morgan fingerprint density at radius 1 is 1.07 bits per heavy atom. The molecule has 1 aliphatic rings. The van der Waals surface area contributed by atoms with E-state index in [1.54, 1.807) is 11.1 Å². The van der Waals surface area contributed by atoms with Gasteiger partial charge in [0, 0.05) is 31.7 Å². The molecule has 3 rings (SSSR count). The lowest BCUT2D eigenvalue weighted by Crippen LogP contribution is -2.59. The van der Waals surface area contributed by atoms with Gasteiger partial charge in [-0.3, -0.25) is 14.7 Å². The predicted octanol–water partition coefficient (Wildman–Crippen LogP) is 1.96. The van der Waals surface area contributed by atoms with Crippen molar-refractivity contribution in [1.29, 1.82) is 0 Å². The lowest BCUT2D eigenvalue weighted by atomic mass is 10.1. The number of nitrogens with two attached hydrogens (primary N) is 1. The zero-order valence-electron chi connectivity index (χ0n) is 16.8. The maximum absolute atomic E-state index is 12.6. The summed E-state index contributed by atoms with van der Waals surface area (Å²) in [7, 11) is 0. The van der Waals surface area contributed by atoms with Crippen molar-refractivity contribution in [1.82, 2.24) is 19.9 Å². The van der Waals surface area contributed by atoms with Gasteiger partial charge in [-0.05, 0) is 34.6 Å². The molecule has 0 saturated carbocycles. The molecule has 0 bridgehead atoms. The first-order valence-electron chi connectivity index (χ1n) is 9.24. The average molecular weight is 386 g/mol. The highest BCUT2D eigenvalue weighted by Gasteiger charge is 2.36. The van der Waals surface area contributed by atoms with Crippen LogP contribution in [0.5, 0.6) is 0 Å². The number of primary amides is 1. The lowest BCUT2D eigenvalue weighted by Gasteiger charge is -2.44. The van der Waals surface area contributed by atoms with E-state index in [2.05, 4.69) is 19.9 Å². The minimum Gasteiger partial charge on any atom is -0.444 e. The zero-order valence-corrected chi connectivity index (χ0v) is 16.8. The minimum absolute atomic E-state index is 0.0945. The van der Waals surface area contributed by atoms with Crippen molar-refractivity contribution >= 4 is 28.9 Å². The van der Waals surface area contributed by atoms with Crippen molar-refractivity contribution in [3.63, 3.8) is 0 Å². The lowest BCUT2D eigenvalue weighted by molar-refractivity contribution is 0.00561. The van der Waals surface area contributed by atoms with E-state index in [0.29, 0.717) is 29.9 Å². The summed E-state index contributed by atoms with van der Waals surface area (Å²) in [6, 6.07) is -0.189. The molecule has 2 aromatic rings. The number of hydrogen-bond acceptors (Lipinski definition) is 7. The van der Waals surface area contributed by atoms with Gasteiger partial charge in [0.2, 0.25) is 0 Å². The van der Waals surface area contributed by atoms with Gasteiger partial charge in [0.25, 0.3) is 5.91 Å². The van der Waals surface area contributed by atoms with Crippen molar-refractivity contribution in [3.05, 3.63) is 24.2 Å². The number of hydrogen-bond donors (Lipinski definition) is 1. The molecule has 1 aliphatic heterocycles. The van der Waals surface area contributed by atoms with Crippen LogP contribution >= 0.6 is 0 Å². The molecular weight excluding hydrogens is 360 g/mol. The summed E-state index contributed by atoms with van der Waals surface area (Å²) in [6.45, 7) is 10.6. The Bertz CT molecular complexity index is 898. The van der Waals surface area contributed by atoms with Gasteiger partial charge in [0.15, 0.2) is 5.82 Å². The molecule has 1 saturated heterocycles. The smallest absolute Gasteiger partial charge is 0.410 e. The van der Waals surface area contributed by atoms with Gasteiger partial charge < -0.3 is 15.4 Å². The fourth-order valence-electron chi connectivity index (χ4n) is 3.53. The van der Waals surface area contributed by atoms with Crippen LogP contribution in [0.2, 0.25) is 0 Å². The summed E-state index contributed by atoms with van der Waals surface area (Å²) in [6.07, 6.45) is 4.19. The maximum atomic E-state index is 12.6. The molecule has 2 aromatic heterocycles. The zero-order chi connectivity index (χ0) is 20.6. The normalized spacial score (nSPS) is 20.3. The fourth-order valence-corrected chi connectivity index (χ4v) is 3.53. The molecule has 0 radical (unpaired) electrons. The molecule has 0 aromatic carbocycles. The molecule has 2 atom stereocenters. The van der Waals surface area contributed by atoms with E-state index in [-0.39, 0.29) is 23.7 Å². The number of aromatic nitrogens is 3. The number of rotatable bonds is 2. The number of ether oxygens (including phenoxy) is 1. The summed E-state index contributed by atoms with van der Waals surface area (Å²) in [5, 5.41) is 0. The second-order valence-corrected chi connectivity index (χ2v) is 8.10. The summed E-state index contributed by atoms with van der Waals surface area (Å²) in [5.74, 6) is 0.0247. The van der Waals surface area contributed by atoms with Gasteiger partial charge >= 0.3 is 6.09 Å². The number of piperazine rings is 1. The highest BCUT2D eigenvalue weighted by molar-refractivity contribution is 6.05. The average Bonchev–Trinajstić information content (AvgIpc) is 2.58. The second-order valence-electron chi connectivity index (χ2n) is 8.10. The summed E-state index contributed by atoms with van der Waals surface area (Å²) in [4.78, 5) is 41.2. The van der Waals surface area contributed by atoms with Crippen molar-refractivity contribution in [2.45, 2.75) is 52.3 Å². The molecule has 9 heteroatoms. The SMILES string of the molecule is C[C@@H]1CN(c2ncc(C(N)=O)c3nccnc23)C[C@H](C)N1C(=O)OC(C)(C)C. The fraction of sp³-hybridized carbons (Fsp3) is 0.526. The standard InChI is InChI=1S/C19H26N6O3/c1-11-9-24(10-12(2)25(11)18(27)28-19(3,4)5)17-15-14(21-6-7-22-15)13(8-23-17)16(20)26/h6-8,11-12H,9-10H2,1-5H3,(H2,20,26)/t11-,12+. The summed E-state index contributed by atoms with van der Waals surface area (Å²) < 4.78 is 5.55. The Balaban J connectivity index is 1.91. The van der Waals surface area contributed by atoms with Crippen molar-refractivity contribution in [2.24, 2.45) is 5.73 Å². The number of carbonyl (C=O) groups excluding carboxylic acids is 2. The number of nitrogens with zero attached hydrogens (tertiary/aromatic N) is 5. The van der Waals surface area contributed by atoms with E-state index in [9.17, 15) is 9.59 Å². The number of anilines is 1. The molecule has 2 N–H and O–H groups in total. The van der Waals surface area contributed by atoms with E-state index in [1.807, 2.05) is 34.6 Å². The van der Waals surface area contributed by atoms with E-state index < -0.39 is 11.5 Å².